The Morgan fingerprint density at radius 3 is 3.05 bits per heavy atom. The summed E-state index contributed by atoms with van der Waals surface area (Å²) in [6.07, 6.45) is 6.21. The van der Waals surface area contributed by atoms with E-state index in [4.69, 9.17) is 0 Å². The zero-order valence-electron chi connectivity index (χ0n) is 11.1. The minimum absolute atomic E-state index is 0.272. The van der Waals surface area contributed by atoms with Gasteiger partial charge in [-0.1, -0.05) is 13.0 Å². The van der Waals surface area contributed by atoms with Crippen LogP contribution >= 0.6 is 0 Å². The Morgan fingerprint density at radius 2 is 2.21 bits per heavy atom. The van der Waals surface area contributed by atoms with Gasteiger partial charge in [0.25, 0.3) is 0 Å². The van der Waals surface area contributed by atoms with Crippen molar-refractivity contribution in [3.05, 3.63) is 30.3 Å². The van der Waals surface area contributed by atoms with Gasteiger partial charge in [-0.15, -0.1) is 0 Å². The molecule has 3 nitrogen and oxygen atoms in total. The van der Waals surface area contributed by atoms with Gasteiger partial charge in [0.15, 0.2) is 0 Å². The van der Waals surface area contributed by atoms with Gasteiger partial charge < -0.3 is 4.90 Å². The Balaban J connectivity index is 2.11. The Kier molecular flexibility index (Phi) is 3.32. The fourth-order valence-electron chi connectivity index (χ4n) is 2.97. The first-order valence-corrected chi connectivity index (χ1v) is 6.97. The van der Waals surface area contributed by atoms with E-state index in [1.54, 1.807) is 6.07 Å². The SMILES string of the molecule is CCC1CCCCN1c1ncnc2c(F)cccc12. The molecule has 0 radical (unpaired) electrons. The van der Waals surface area contributed by atoms with Crippen LogP contribution in [0.5, 0.6) is 0 Å². The number of piperidine rings is 1. The molecule has 2 heterocycles. The van der Waals surface area contributed by atoms with Crippen LogP contribution in [0.3, 0.4) is 0 Å². The molecule has 0 N–H and O–H groups in total. The Morgan fingerprint density at radius 1 is 1.32 bits per heavy atom. The highest BCUT2D eigenvalue weighted by Gasteiger charge is 2.24. The largest absolute Gasteiger partial charge is 0.353 e. The molecule has 1 atom stereocenters. The van der Waals surface area contributed by atoms with Crippen molar-refractivity contribution in [2.75, 3.05) is 11.4 Å². The van der Waals surface area contributed by atoms with E-state index in [2.05, 4.69) is 21.8 Å². The second-order valence-electron chi connectivity index (χ2n) is 5.08. The third kappa shape index (κ3) is 2.15. The molecule has 1 unspecified atom stereocenters. The lowest BCUT2D eigenvalue weighted by molar-refractivity contribution is 0.447. The molecule has 0 spiro atoms. The average molecular weight is 259 g/mol. The van der Waals surface area contributed by atoms with Gasteiger partial charge in [0.1, 0.15) is 23.5 Å². The van der Waals surface area contributed by atoms with E-state index in [0.717, 1.165) is 24.2 Å². The van der Waals surface area contributed by atoms with Crippen LogP contribution in [0.25, 0.3) is 10.9 Å². The quantitative estimate of drug-likeness (QED) is 0.826. The van der Waals surface area contributed by atoms with E-state index in [-0.39, 0.29) is 5.82 Å². The maximum absolute atomic E-state index is 13.8. The fraction of sp³-hybridized carbons (Fsp3) is 0.467. The van der Waals surface area contributed by atoms with Crippen LogP contribution in [0.1, 0.15) is 32.6 Å². The number of aromatic nitrogens is 2. The number of fused-ring (bicyclic) bond motifs is 1. The molecule has 0 aliphatic carbocycles. The van der Waals surface area contributed by atoms with Crippen LogP contribution in [-0.2, 0) is 0 Å². The molecular formula is C15H18FN3. The summed E-state index contributed by atoms with van der Waals surface area (Å²) in [6.45, 7) is 3.20. The summed E-state index contributed by atoms with van der Waals surface area (Å²) in [6, 6.07) is 5.60. The summed E-state index contributed by atoms with van der Waals surface area (Å²) in [5.74, 6) is 0.613. The lowest BCUT2D eigenvalue weighted by Gasteiger charge is -2.36. The van der Waals surface area contributed by atoms with Gasteiger partial charge in [-0.25, -0.2) is 14.4 Å². The van der Waals surface area contributed by atoms with Crippen LogP contribution in [-0.4, -0.2) is 22.6 Å². The van der Waals surface area contributed by atoms with Gasteiger partial charge in [0.05, 0.1) is 0 Å². The normalized spacial score (nSPS) is 19.9. The highest BCUT2D eigenvalue weighted by molar-refractivity contribution is 5.89. The number of rotatable bonds is 2. The highest BCUT2D eigenvalue weighted by atomic mass is 19.1. The third-order valence-electron chi connectivity index (χ3n) is 3.96. The topological polar surface area (TPSA) is 29.0 Å². The number of halogens is 1. The molecule has 0 bridgehead atoms. The first-order valence-electron chi connectivity index (χ1n) is 6.97. The molecule has 1 fully saturated rings. The van der Waals surface area contributed by atoms with E-state index in [1.165, 1.54) is 31.7 Å². The minimum atomic E-state index is -0.272. The predicted octanol–water partition coefficient (Wildman–Crippen LogP) is 3.54. The summed E-state index contributed by atoms with van der Waals surface area (Å²) in [5, 5.41) is 0.822. The summed E-state index contributed by atoms with van der Waals surface area (Å²) < 4.78 is 13.8. The number of hydrogen-bond donors (Lipinski definition) is 0. The van der Waals surface area contributed by atoms with Crippen molar-refractivity contribution in [2.24, 2.45) is 0 Å². The summed E-state index contributed by atoms with van der Waals surface area (Å²) in [4.78, 5) is 10.8. The number of nitrogens with zero attached hydrogens (tertiary/aromatic N) is 3. The maximum Gasteiger partial charge on any atom is 0.149 e. The van der Waals surface area contributed by atoms with Crippen LogP contribution in [0.15, 0.2) is 24.5 Å². The highest BCUT2D eigenvalue weighted by Crippen LogP contribution is 2.30. The van der Waals surface area contributed by atoms with Crippen LogP contribution in [0.4, 0.5) is 10.2 Å². The third-order valence-corrected chi connectivity index (χ3v) is 3.96. The molecule has 100 valence electrons. The number of hydrogen-bond acceptors (Lipinski definition) is 3. The van der Waals surface area contributed by atoms with Crippen molar-refractivity contribution in [3.8, 4) is 0 Å². The molecule has 1 aliphatic heterocycles. The van der Waals surface area contributed by atoms with Crippen molar-refractivity contribution < 1.29 is 4.39 Å². The molecular weight excluding hydrogens is 241 g/mol. The van der Waals surface area contributed by atoms with Gasteiger partial charge in [-0.05, 0) is 37.8 Å². The average Bonchev–Trinajstić information content (AvgIpc) is 2.47. The second-order valence-corrected chi connectivity index (χ2v) is 5.08. The molecule has 1 aromatic heterocycles. The van der Waals surface area contributed by atoms with Crippen molar-refractivity contribution in [1.29, 1.82) is 0 Å². The first-order chi connectivity index (χ1) is 9.31. The molecule has 19 heavy (non-hydrogen) atoms. The summed E-state index contributed by atoms with van der Waals surface area (Å²) >= 11 is 0. The van der Waals surface area contributed by atoms with Gasteiger partial charge in [0, 0.05) is 18.0 Å². The molecule has 3 rings (SSSR count). The van der Waals surface area contributed by atoms with Gasteiger partial charge in [-0.3, -0.25) is 0 Å². The van der Waals surface area contributed by atoms with E-state index < -0.39 is 0 Å². The zero-order chi connectivity index (χ0) is 13.2. The Hall–Kier alpha value is -1.71. The molecule has 1 aromatic carbocycles. The number of para-hydroxylation sites is 1. The minimum Gasteiger partial charge on any atom is -0.353 e. The summed E-state index contributed by atoms with van der Waals surface area (Å²) in [7, 11) is 0. The smallest absolute Gasteiger partial charge is 0.149 e. The van der Waals surface area contributed by atoms with Crippen molar-refractivity contribution >= 4 is 16.7 Å². The lowest BCUT2D eigenvalue weighted by atomic mass is 9.99. The molecule has 0 saturated carbocycles. The Labute approximate surface area is 112 Å². The van der Waals surface area contributed by atoms with Gasteiger partial charge in [0.2, 0.25) is 0 Å². The van der Waals surface area contributed by atoms with Crippen molar-refractivity contribution in [1.82, 2.24) is 9.97 Å². The summed E-state index contributed by atoms with van der Waals surface area (Å²) in [5.41, 5.74) is 0.424. The van der Waals surface area contributed by atoms with Crippen LogP contribution in [0, 0.1) is 5.82 Å². The number of anilines is 1. The molecule has 1 saturated heterocycles. The fourth-order valence-corrected chi connectivity index (χ4v) is 2.97. The predicted molar refractivity (Wildman–Crippen MR) is 74.8 cm³/mol. The second kappa shape index (κ2) is 5.11. The molecule has 1 aliphatic rings. The van der Waals surface area contributed by atoms with Gasteiger partial charge >= 0.3 is 0 Å². The monoisotopic (exact) mass is 259 g/mol. The molecule has 0 amide bonds. The van der Waals surface area contributed by atoms with Gasteiger partial charge in [-0.2, -0.15) is 0 Å². The molecule has 2 aromatic rings. The van der Waals surface area contributed by atoms with E-state index >= 15 is 0 Å². The van der Waals surface area contributed by atoms with Crippen molar-refractivity contribution in [3.63, 3.8) is 0 Å². The van der Waals surface area contributed by atoms with E-state index in [1.807, 2.05) is 6.07 Å². The molecule has 4 heteroatoms. The van der Waals surface area contributed by atoms with Crippen LogP contribution < -0.4 is 4.90 Å². The lowest BCUT2D eigenvalue weighted by Crippen LogP contribution is -2.39. The van der Waals surface area contributed by atoms with Crippen molar-refractivity contribution in [2.45, 2.75) is 38.6 Å². The standard InChI is InChI=1S/C15H18FN3/c1-2-11-6-3-4-9-19(11)15-12-7-5-8-13(16)14(12)17-10-18-15/h5,7-8,10-11H,2-4,6,9H2,1H3. The first kappa shape index (κ1) is 12.3. The van der Waals surface area contributed by atoms with E-state index in [0.29, 0.717) is 11.6 Å². The number of benzene rings is 1. The van der Waals surface area contributed by atoms with Crippen LogP contribution in [0.2, 0.25) is 0 Å². The Bertz CT molecular complexity index is 585. The maximum atomic E-state index is 13.8. The zero-order valence-corrected chi connectivity index (χ0v) is 11.1. The van der Waals surface area contributed by atoms with E-state index in [9.17, 15) is 4.39 Å².